The van der Waals surface area contributed by atoms with Crippen molar-refractivity contribution in [3.8, 4) is 11.1 Å². The summed E-state index contributed by atoms with van der Waals surface area (Å²) >= 11 is 0. The van der Waals surface area contributed by atoms with E-state index in [1.54, 1.807) is 37.3 Å². The molecule has 2 aromatic heterocycles. The summed E-state index contributed by atoms with van der Waals surface area (Å²) in [5, 5.41) is 6.45. The Labute approximate surface area is 199 Å². The van der Waals surface area contributed by atoms with Gasteiger partial charge in [-0.05, 0) is 48.0 Å². The Morgan fingerprint density at radius 3 is 2.09 bits per heavy atom. The van der Waals surface area contributed by atoms with E-state index in [-0.39, 0.29) is 10.6 Å². The van der Waals surface area contributed by atoms with Crippen molar-refractivity contribution in [2.45, 2.75) is 11.8 Å². The average Bonchev–Trinajstić information content (AvgIpc) is 2.85. The Hall–Kier alpha value is -3.98. The predicted molar refractivity (Wildman–Crippen MR) is 137 cm³/mol. The second-order valence-corrected chi connectivity index (χ2v) is 10.1. The first-order chi connectivity index (χ1) is 16.3. The van der Waals surface area contributed by atoms with Gasteiger partial charge in [0.2, 0.25) is 0 Å². The Morgan fingerprint density at radius 1 is 0.794 bits per heavy atom. The monoisotopic (exact) mass is 474 g/mol. The Kier molecular flexibility index (Phi) is 6.74. The third-order valence-electron chi connectivity index (χ3n) is 5.19. The summed E-state index contributed by atoms with van der Waals surface area (Å²) in [6.45, 7) is 1.63. The molecule has 0 unspecified atom stereocenters. The molecule has 0 amide bonds. The van der Waals surface area contributed by atoms with Gasteiger partial charge in [-0.3, -0.25) is 0 Å². The van der Waals surface area contributed by atoms with Crippen LogP contribution in [-0.2, 0) is 9.84 Å². The van der Waals surface area contributed by atoms with Crippen LogP contribution in [0.3, 0.4) is 0 Å². The number of anilines is 5. The van der Waals surface area contributed by atoms with Crippen LogP contribution in [0.4, 0.5) is 28.8 Å². The maximum absolute atomic E-state index is 12.2. The van der Waals surface area contributed by atoms with E-state index in [9.17, 15) is 8.42 Å². The summed E-state index contributed by atoms with van der Waals surface area (Å²) in [7, 11) is 0.631. The van der Waals surface area contributed by atoms with Crippen LogP contribution in [0.5, 0.6) is 0 Å². The number of aromatic nitrogens is 3. The minimum Gasteiger partial charge on any atom is -0.363 e. The second kappa shape index (κ2) is 9.88. The molecular formula is C25H26N6O2S. The molecule has 0 aliphatic heterocycles. The lowest BCUT2D eigenvalue weighted by Gasteiger charge is -2.12. The molecule has 4 aromatic rings. The first kappa shape index (κ1) is 23.2. The molecule has 2 heterocycles. The quantitative estimate of drug-likeness (QED) is 0.372. The highest BCUT2D eigenvalue weighted by atomic mass is 32.2. The molecule has 0 saturated heterocycles. The molecule has 0 atom stereocenters. The van der Waals surface area contributed by atoms with Gasteiger partial charge in [0.1, 0.15) is 23.8 Å². The molecule has 0 aliphatic rings. The van der Waals surface area contributed by atoms with Gasteiger partial charge in [0, 0.05) is 43.3 Å². The van der Waals surface area contributed by atoms with Crippen molar-refractivity contribution in [2.75, 3.05) is 35.4 Å². The lowest BCUT2D eigenvalue weighted by atomic mass is 10.1. The Morgan fingerprint density at radius 2 is 1.47 bits per heavy atom. The van der Waals surface area contributed by atoms with Crippen LogP contribution in [0, 0.1) is 0 Å². The first-order valence-corrected chi connectivity index (χ1v) is 12.4. The molecule has 0 bridgehead atoms. The molecular weight excluding hydrogens is 448 g/mol. The average molecular weight is 475 g/mol. The molecule has 0 aliphatic carbocycles. The van der Waals surface area contributed by atoms with Gasteiger partial charge in [-0.25, -0.2) is 23.4 Å². The zero-order chi connectivity index (χ0) is 24.1. The van der Waals surface area contributed by atoms with Crippen LogP contribution in [0.15, 0.2) is 84.1 Å². The van der Waals surface area contributed by atoms with Crippen molar-refractivity contribution in [3.05, 3.63) is 79.3 Å². The van der Waals surface area contributed by atoms with Gasteiger partial charge < -0.3 is 15.5 Å². The zero-order valence-electron chi connectivity index (χ0n) is 19.2. The highest BCUT2D eigenvalue weighted by Crippen LogP contribution is 2.26. The summed E-state index contributed by atoms with van der Waals surface area (Å²) in [5.41, 5.74) is 3.55. The third-order valence-corrected chi connectivity index (χ3v) is 6.92. The van der Waals surface area contributed by atoms with Crippen LogP contribution >= 0.6 is 0 Å². The van der Waals surface area contributed by atoms with Crippen molar-refractivity contribution in [1.29, 1.82) is 0 Å². The molecule has 2 aromatic carbocycles. The zero-order valence-corrected chi connectivity index (χ0v) is 20.0. The number of benzene rings is 2. The fourth-order valence-corrected chi connectivity index (χ4v) is 4.25. The normalized spacial score (nSPS) is 11.1. The summed E-state index contributed by atoms with van der Waals surface area (Å²) in [6.07, 6.45) is 3.30. The number of nitrogens with one attached hydrogen (secondary N) is 2. The van der Waals surface area contributed by atoms with Crippen molar-refractivity contribution in [3.63, 3.8) is 0 Å². The van der Waals surface area contributed by atoms with Crippen molar-refractivity contribution in [1.82, 2.24) is 15.0 Å². The number of sulfone groups is 1. The van der Waals surface area contributed by atoms with E-state index in [1.165, 1.54) is 6.33 Å². The van der Waals surface area contributed by atoms with Gasteiger partial charge in [0.05, 0.1) is 10.6 Å². The fraction of sp³-hybridized carbons (Fsp3) is 0.160. The highest BCUT2D eigenvalue weighted by molar-refractivity contribution is 7.91. The lowest BCUT2D eigenvalue weighted by Crippen LogP contribution is -2.09. The van der Waals surface area contributed by atoms with Gasteiger partial charge in [0.25, 0.3) is 0 Å². The van der Waals surface area contributed by atoms with E-state index < -0.39 is 9.84 Å². The molecule has 9 heteroatoms. The van der Waals surface area contributed by atoms with Gasteiger partial charge in [-0.15, -0.1) is 0 Å². The number of hydrogen-bond donors (Lipinski definition) is 2. The van der Waals surface area contributed by atoms with Crippen LogP contribution in [0.25, 0.3) is 11.1 Å². The minimum absolute atomic E-state index is 0.0486. The van der Waals surface area contributed by atoms with E-state index >= 15 is 0 Å². The summed E-state index contributed by atoms with van der Waals surface area (Å²) in [5.74, 6) is 2.10. The third kappa shape index (κ3) is 5.49. The van der Waals surface area contributed by atoms with Gasteiger partial charge in [0.15, 0.2) is 9.84 Å². The Bertz CT molecular complexity index is 1390. The predicted octanol–water partition coefficient (Wildman–Crippen LogP) is 4.89. The summed E-state index contributed by atoms with van der Waals surface area (Å²) in [6, 6.07) is 20.5. The van der Waals surface area contributed by atoms with E-state index in [0.717, 1.165) is 22.6 Å². The van der Waals surface area contributed by atoms with Crippen LogP contribution < -0.4 is 15.5 Å². The number of rotatable bonds is 8. The van der Waals surface area contributed by atoms with Gasteiger partial charge in [-0.2, -0.15) is 0 Å². The summed E-state index contributed by atoms with van der Waals surface area (Å²) in [4.78, 5) is 15.3. The fourth-order valence-electron chi connectivity index (χ4n) is 3.32. The highest BCUT2D eigenvalue weighted by Gasteiger charge is 2.12. The van der Waals surface area contributed by atoms with Gasteiger partial charge >= 0.3 is 0 Å². The maximum Gasteiger partial charge on any atom is 0.178 e. The lowest BCUT2D eigenvalue weighted by molar-refractivity contribution is 0.597. The molecule has 34 heavy (non-hydrogen) atoms. The van der Waals surface area contributed by atoms with Crippen molar-refractivity contribution >= 4 is 38.7 Å². The molecule has 174 valence electrons. The molecule has 0 radical (unpaired) electrons. The number of pyridine rings is 1. The van der Waals surface area contributed by atoms with E-state index in [0.29, 0.717) is 17.3 Å². The number of hydrogen-bond acceptors (Lipinski definition) is 8. The smallest absolute Gasteiger partial charge is 0.178 e. The van der Waals surface area contributed by atoms with Crippen LogP contribution in [0.1, 0.15) is 6.92 Å². The molecule has 8 nitrogen and oxygen atoms in total. The van der Waals surface area contributed by atoms with E-state index in [4.69, 9.17) is 0 Å². The SMILES string of the molecule is CCS(=O)(=O)c1cccc(Nc2cc(Nc3cccc(-c4ccc(N(C)C)nc4)c3)ncn2)c1. The second-order valence-electron chi connectivity index (χ2n) is 7.85. The van der Waals surface area contributed by atoms with E-state index in [1.807, 2.05) is 61.6 Å². The van der Waals surface area contributed by atoms with Crippen LogP contribution in [0.2, 0.25) is 0 Å². The minimum atomic E-state index is -3.29. The standard InChI is InChI=1S/C25H26N6O2S/c1-4-34(32,33)22-10-6-9-21(14-22)30-24-15-23(27-17-28-24)29-20-8-5-7-18(13-20)19-11-12-25(26-16-19)31(2)3/h5-17H,4H2,1-3H3,(H2,27,28,29,30). The largest absolute Gasteiger partial charge is 0.363 e. The first-order valence-electron chi connectivity index (χ1n) is 10.8. The molecule has 0 fully saturated rings. The molecule has 0 saturated carbocycles. The van der Waals surface area contributed by atoms with Crippen molar-refractivity contribution < 1.29 is 8.42 Å². The topological polar surface area (TPSA) is 100 Å². The summed E-state index contributed by atoms with van der Waals surface area (Å²) < 4.78 is 24.3. The maximum atomic E-state index is 12.2. The molecule has 0 spiro atoms. The Balaban J connectivity index is 1.51. The van der Waals surface area contributed by atoms with Gasteiger partial charge in [-0.1, -0.05) is 25.1 Å². The number of nitrogens with zero attached hydrogens (tertiary/aromatic N) is 4. The van der Waals surface area contributed by atoms with E-state index in [2.05, 4.69) is 25.6 Å². The molecule has 2 N–H and O–H groups in total. The van der Waals surface area contributed by atoms with Crippen LogP contribution in [-0.4, -0.2) is 43.2 Å². The molecule has 4 rings (SSSR count). The van der Waals surface area contributed by atoms with Crippen molar-refractivity contribution in [2.24, 2.45) is 0 Å².